The number of rotatable bonds is 7. The van der Waals surface area contributed by atoms with E-state index in [9.17, 15) is 0 Å². The molecule has 0 saturated carbocycles. The molecular weight excluding hydrogens is 248 g/mol. The molecule has 0 amide bonds. The average molecular weight is 267 g/mol. The largest absolute Gasteiger partial charge is 0.477 e. The molecule has 0 bridgehead atoms. The van der Waals surface area contributed by atoms with Crippen LogP contribution in [0.4, 0.5) is 0 Å². The van der Waals surface area contributed by atoms with Crippen molar-refractivity contribution in [3.63, 3.8) is 0 Å². The van der Waals surface area contributed by atoms with Gasteiger partial charge >= 0.3 is 0 Å². The Morgan fingerprint density at radius 2 is 2.22 bits per heavy atom. The van der Waals surface area contributed by atoms with Crippen molar-refractivity contribution in [3.05, 3.63) is 22.8 Å². The molecule has 0 radical (unpaired) electrons. The maximum absolute atomic E-state index is 8.83. The van der Waals surface area contributed by atoms with Crippen molar-refractivity contribution in [1.82, 2.24) is 4.98 Å². The Morgan fingerprint density at radius 3 is 2.83 bits per heavy atom. The molecule has 1 aromatic heterocycles. The molecule has 1 atom stereocenters. The molecule has 0 aliphatic heterocycles. The van der Waals surface area contributed by atoms with Crippen molar-refractivity contribution in [2.24, 2.45) is 5.92 Å². The highest BCUT2D eigenvalue weighted by Gasteiger charge is 2.08. The number of ether oxygens (including phenoxy) is 1. The number of hydrogen-bond acceptors (Lipinski definition) is 3. The fourth-order valence-electron chi connectivity index (χ4n) is 1.71. The second-order valence-electron chi connectivity index (χ2n) is 4.36. The summed E-state index contributed by atoms with van der Waals surface area (Å²) in [6.45, 7) is 4.98. The lowest BCUT2D eigenvalue weighted by Crippen LogP contribution is -2.12. The van der Waals surface area contributed by atoms with E-state index < -0.39 is 0 Å². The van der Waals surface area contributed by atoms with E-state index in [1.54, 1.807) is 6.07 Å². The van der Waals surface area contributed by atoms with Crippen molar-refractivity contribution in [2.45, 2.75) is 39.5 Å². The summed E-state index contributed by atoms with van der Waals surface area (Å²) in [5, 5.41) is 9.13. The van der Waals surface area contributed by atoms with Gasteiger partial charge in [-0.05, 0) is 18.4 Å². The Bertz CT molecular complexity index is 415. The summed E-state index contributed by atoms with van der Waals surface area (Å²) in [7, 11) is 0. The lowest BCUT2D eigenvalue weighted by atomic mass is 10.0. The van der Waals surface area contributed by atoms with Crippen LogP contribution in [0, 0.1) is 17.2 Å². The topological polar surface area (TPSA) is 45.9 Å². The molecule has 18 heavy (non-hydrogen) atoms. The van der Waals surface area contributed by atoms with Gasteiger partial charge in [0, 0.05) is 6.07 Å². The third-order valence-electron chi connectivity index (χ3n) is 2.91. The van der Waals surface area contributed by atoms with Crippen LogP contribution in [0.2, 0.25) is 5.15 Å². The number of unbranched alkanes of at least 4 members (excludes halogenated alkanes) is 1. The van der Waals surface area contributed by atoms with Gasteiger partial charge in [0.05, 0.1) is 18.2 Å². The van der Waals surface area contributed by atoms with E-state index in [1.165, 1.54) is 25.3 Å². The number of nitrogens with zero attached hydrogens (tertiary/aromatic N) is 2. The molecule has 0 aliphatic rings. The Labute approximate surface area is 114 Å². The molecular formula is C14H19ClN2O. The second kappa shape index (κ2) is 7.94. The minimum Gasteiger partial charge on any atom is -0.477 e. The first-order valence-corrected chi connectivity index (χ1v) is 6.77. The smallest absolute Gasteiger partial charge is 0.215 e. The number of hydrogen-bond donors (Lipinski definition) is 0. The quantitative estimate of drug-likeness (QED) is 0.695. The fraction of sp³-hybridized carbons (Fsp3) is 0.571. The summed E-state index contributed by atoms with van der Waals surface area (Å²) < 4.78 is 5.63. The Kier molecular flexibility index (Phi) is 6.53. The molecule has 4 heteroatoms. The predicted octanol–water partition coefficient (Wildman–Crippen LogP) is 4.20. The van der Waals surface area contributed by atoms with Crippen molar-refractivity contribution >= 4 is 11.6 Å². The molecule has 0 fully saturated rings. The minimum absolute atomic E-state index is 0.297. The summed E-state index contributed by atoms with van der Waals surface area (Å²) in [6, 6.07) is 5.19. The molecule has 0 aromatic carbocycles. The Hall–Kier alpha value is -1.27. The van der Waals surface area contributed by atoms with Crippen LogP contribution in [0.15, 0.2) is 12.1 Å². The zero-order valence-corrected chi connectivity index (χ0v) is 11.7. The first kappa shape index (κ1) is 14.8. The molecule has 1 unspecified atom stereocenters. The van der Waals surface area contributed by atoms with Gasteiger partial charge in [-0.2, -0.15) is 5.26 Å². The predicted molar refractivity (Wildman–Crippen MR) is 72.8 cm³/mol. The van der Waals surface area contributed by atoms with E-state index in [0.717, 1.165) is 6.42 Å². The highest BCUT2D eigenvalue weighted by Crippen LogP contribution is 2.18. The van der Waals surface area contributed by atoms with E-state index in [-0.39, 0.29) is 0 Å². The van der Waals surface area contributed by atoms with Crippen molar-refractivity contribution in [3.8, 4) is 11.9 Å². The third kappa shape index (κ3) is 4.93. The summed E-state index contributed by atoms with van der Waals surface area (Å²) in [5.74, 6) is 0.977. The lowest BCUT2D eigenvalue weighted by molar-refractivity contribution is 0.226. The van der Waals surface area contributed by atoms with Crippen LogP contribution in [-0.2, 0) is 0 Å². The monoisotopic (exact) mass is 266 g/mol. The van der Waals surface area contributed by atoms with Gasteiger partial charge in [0.2, 0.25) is 5.88 Å². The van der Waals surface area contributed by atoms with Gasteiger partial charge < -0.3 is 4.74 Å². The Morgan fingerprint density at radius 1 is 1.44 bits per heavy atom. The van der Waals surface area contributed by atoms with E-state index in [2.05, 4.69) is 18.8 Å². The van der Waals surface area contributed by atoms with Crippen molar-refractivity contribution < 1.29 is 4.74 Å². The van der Waals surface area contributed by atoms with Crippen molar-refractivity contribution in [1.29, 1.82) is 5.26 Å². The fourth-order valence-corrected chi connectivity index (χ4v) is 1.91. The summed E-state index contributed by atoms with van der Waals surface area (Å²) in [4.78, 5) is 4.06. The second-order valence-corrected chi connectivity index (χ2v) is 4.74. The first-order valence-electron chi connectivity index (χ1n) is 6.40. The van der Waals surface area contributed by atoms with Gasteiger partial charge in [-0.15, -0.1) is 0 Å². The van der Waals surface area contributed by atoms with Gasteiger partial charge in [-0.1, -0.05) is 44.7 Å². The van der Waals surface area contributed by atoms with E-state index >= 15 is 0 Å². The minimum atomic E-state index is 0.297. The molecule has 0 aliphatic carbocycles. The number of nitriles is 1. The molecule has 1 heterocycles. The van der Waals surface area contributed by atoms with Crippen LogP contribution in [0.3, 0.4) is 0 Å². The summed E-state index contributed by atoms with van der Waals surface area (Å²) in [6.07, 6.45) is 4.67. The van der Waals surface area contributed by atoms with Gasteiger partial charge in [0.15, 0.2) is 0 Å². The maximum atomic E-state index is 8.83. The molecule has 98 valence electrons. The van der Waals surface area contributed by atoms with Gasteiger partial charge in [0.1, 0.15) is 5.15 Å². The van der Waals surface area contributed by atoms with E-state index in [4.69, 9.17) is 21.6 Å². The molecule has 3 nitrogen and oxygen atoms in total. The summed E-state index contributed by atoms with van der Waals surface area (Å²) in [5.41, 5.74) is 0.478. The van der Waals surface area contributed by atoms with Crippen LogP contribution in [0.25, 0.3) is 0 Å². The molecule has 0 spiro atoms. The third-order valence-corrected chi connectivity index (χ3v) is 3.10. The van der Waals surface area contributed by atoms with E-state index in [1.807, 2.05) is 6.07 Å². The van der Waals surface area contributed by atoms with Crippen LogP contribution in [0.5, 0.6) is 5.88 Å². The first-order chi connectivity index (χ1) is 8.69. The molecule has 1 rings (SSSR count). The lowest BCUT2D eigenvalue weighted by Gasteiger charge is -2.15. The van der Waals surface area contributed by atoms with Crippen LogP contribution in [0.1, 0.15) is 45.1 Å². The SMILES string of the molecule is CCCCC(CC)COc1cc(C#N)cc(Cl)n1. The number of aromatic nitrogens is 1. The van der Waals surface area contributed by atoms with E-state index in [0.29, 0.717) is 29.1 Å². The summed E-state index contributed by atoms with van der Waals surface area (Å²) >= 11 is 5.82. The number of pyridine rings is 1. The van der Waals surface area contributed by atoms with Crippen LogP contribution < -0.4 is 4.74 Å². The van der Waals surface area contributed by atoms with Gasteiger partial charge in [0.25, 0.3) is 0 Å². The standard InChI is InChI=1S/C14H19ClN2O/c1-3-5-6-11(4-2)10-18-14-8-12(9-16)7-13(15)17-14/h7-8,11H,3-6,10H2,1-2H3. The average Bonchev–Trinajstić information content (AvgIpc) is 2.38. The zero-order valence-electron chi connectivity index (χ0n) is 10.9. The highest BCUT2D eigenvalue weighted by atomic mass is 35.5. The van der Waals surface area contributed by atoms with Gasteiger partial charge in [-0.25, -0.2) is 4.98 Å². The van der Waals surface area contributed by atoms with Crippen LogP contribution >= 0.6 is 11.6 Å². The maximum Gasteiger partial charge on any atom is 0.215 e. The molecule has 0 N–H and O–H groups in total. The Balaban J connectivity index is 2.56. The highest BCUT2D eigenvalue weighted by molar-refractivity contribution is 6.29. The zero-order chi connectivity index (χ0) is 13.4. The number of halogens is 1. The molecule has 0 saturated heterocycles. The molecule has 1 aromatic rings. The van der Waals surface area contributed by atoms with Gasteiger partial charge in [-0.3, -0.25) is 0 Å². The normalized spacial score (nSPS) is 11.9. The van der Waals surface area contributed by atoms with Crippen LogP contribution in [-0.4, -0.2) is 11.6 Å². The van der Waals surface area contributed by atoms with Crippen molar-refractivity contribution in [2.75, 3.05) is 6.61 Å².